The van der Waals surface area contributed by atoms with Crippen LogP contribution < -0.4 is 4.90 Å². The molecule has 1 aliphatic carbocycles. The molecule has 0 unspecified atom stereocenters. The molecule has 1 aliphatic rings. The summed E-state index contributed by atoms with van der Waals surface area (Å²) in [5.74, 6) is 0. The number of anilines is 3. The van der Waals surface area contributed by atoms with E-state index in [1.165, 1.54) is 73.7 Å². The van der Waals surface area contributed by atoms with Crippen molar-refractivity contribution in [1.82, 2.24) is 4.57 Å². The van der Waals surface area contributed by atoms with Gasteiger partial charge in [-0.05, 0) is 112 Å². The molecule has 8 aromatic rings. The molecule has 254 valence electrons. The van der Waals surface area contributed by atoms with Crippen LogP contribution in [0.25, 0.3) is 49.7 Å². The van der Waals surface area contributed by atoms with E-state index in [0.29, 0.717) is 0 Å². The standard InChI is InChI=1S/C50H44N2/c1-49(2)29-30-50(3,4)46-33-41(26-28-45(46)49)52-47-24-12-11-23-43(47)44-27-25-42(34-48(44)52)51(39-21-13-19-37(31-39)35-15-7-5-8-16-35)40-22-14-20-38(32-40)36-17-9-6-10-18-36/h5-28,31-34H,29-30H2,1-4H3. The molecule has 0 radical (unpaired) electrons. The van der Waals surface area contributed by atoms with E-state index < -0.39 is 0 Å². The Bertz CT molecular complexity index is 2490. The Labute approximate surface area is 307 Å². The molecular weight excluding hydrogens is 629 g/mol. The van der Waals surface area contributed by atoms with Gasteiger partial charge in [-0.25, -0.2) is 0 Å². The van der Waals surface area contributed by atoms with E-state index in [4.69, 9.17) is 0 Å². The van der Waals surface area contributed by atoms with E-state index >= 15 is 0 Å². The highest BCUT2D eigenvalue weighted by molar-refractivity contribution is 6.10. The summed E-state index contributed by atoms with van der Waals surface area (Å²) in [6, 6.07) is 62.3. The van der Waals surface area contributed by atoms with Crippen molar-refractivity contribution in [2.45, 2.75) is 51.4 Å². The van der Waals surface area contributed by atoms with Gasteiger partial charge in [0.05, 0.1) is 11.0 Å². The second kappa shape index (κ2) is 12.4. The summed E-state index contributed by atoms with van der Waals surface area (Å²) in [6.07, 6.45) is 2.39. The van der Waals surface area contributed by atoms with Crippen LogP contribution >= 0.6 is 0 Å². The third-order valence-electron chi connectivity index (χ3n) is 11.4. The second-order valence-corrected chi connectivity index (χ2v) is 15.7. The molecule has 1 heterocycles. The maximum Gasteiger partial charge on any atom is 0.0561 e. The predicted octanol–water partition coefficient (Wildman–Crippen LogP) is 13.9. The molecule has 0 bridgehead atoms. The van der Waals surface area contributed by atoms with Crippen molar-refractivity contribution in [3.05, 3.63) is 181 Å². The number of aromatic nitrogens is 1. The Morgan fingerprint density at radius 1 is 0.404 bits per heavy atom. The quantitative estimate of drug-likeness (QED) is 0.171. The minimum absolute atomic E-state index is 0.120. The molecule has 2 nitrogen and oxygen atoms in total. The lowest BCUT2D eigenvalue weighted by Gasteiger charge is -2.42. The Hall–Kier alpha value is -5.86. The summed E-state index contributed by atoms with van der Waals surface area (Å²) in [5.41, 5.74) is 15.0. The maximum absolute atomic E-state index is 2.49. The van der Waals surface area contributed by atoms with Crippen LogP contribution in [0.15, 0.2) is 170 Å². The van der Waals surface area contributed by atoms with Gasteiger partial charge in [0.2, 0.25) is 0 Å². The van der Waals surface area contributed by atoms with Crippen LogP contribution in [0.5, 0.6) is 0 Å². The highest BCUT2D eigenvalue weighted by atomic mass is 15.1. The van der Waals surface area contributed by atoms with E-state index in [-0.39, 0.29) is 10.8 Å². The normalized spacial score (nSPS) is 14.7. The molecule has 7 aromatic carbocycles. The van der Waals surface area contributed by atoms with Gasteiger partial charge in [-0.2, -0.15) is 0 Å². The van der Waals surface area contributed by atoms with Crippen LogP contribution in [0.2, 0.25) is 0 Å². The number of rotatable bonds is 6. The highest BCUT2D eigenvalue weighted by Gasteiger charge is 2.37. The molecule has 0 atom stereocenters. The average molecular weight is 673 g/mol. The second-order valence-electron chi connectivity index (χ2n) is 15.7. The fourth-order valence-electron chi connectivity index (χ4n) is 8.45. The number of benzene rings is 7. The van der Waals surface area contributed by atoms with Gasteiger partial charge < -0.3 is 9.47 Å². The molecule has 0 amide bonds. The van der Waals surface area contributed by atoms with E-state index in [9.17, 15) is 0 Å². The van der Waals surface area contributed by atoms with Gasteiger partial charge >= 0.3 is 0 Å². The summed E-state index contributed by atoms with van der Waals surface area (Å²) in [6.45, 7) is 9.64. The van der Waals surface area contributed by atoms with Crippen molar-refractivity contribution >= 4 is 38.9 Å². The van der Waals surface area contributed by atoms with Crippen molar-refractivity contribution in [1.29, 1.82) is 0 Å². The van der Waals surface area contributed by atoms with Gasteiger partial charge in [0.25, 0.3) is 0 Å². The first-order valence-corrected chi connectivity index (χ1v) is 18.6. The van der Waals surface area contributed by atoms with Gasteiger partial charge in [0.1, 0.15) is 0 Å². The molecule has 0 saturated heterocycles. The Morgan fingerprint density at radius 3 is 1.56 bits per heavy atom. The fraction of sp³-hybridized carbons (Fsp3) is 0.160. The molecule has 0 N–H and O–H groups in total. The van der Waals surface area contributed by atoms with Gasteiger partial charge in [0.15, 0.2) is 0 Å². The minimum atomic E-state index is 0.120. The third-order valence-corrected chi connectivity index (χ3v) is 11.4. The maximum atomic E-state index is 2.49. The van der Waals surface area contributed by atoms with Crippen molar-refractivity contribution in [2.75, 3.05) is 4.90 Å². The number of nitrogens with zero attached hydrogens (tertiary/aromatic N) is 2. The van der Waals surface area contributed by atoms with Crippen LogP contribution in [0.1, 0.15) is 51.7 Å². The first kappa shape index (κ1) is 32.1. The third kappa shape index (κ3) is 5.51. The van der Waals surface area contributed by atoms with Crippen LogP contribution in [0.4, 0.5) is 17.1 Å². The van der Waals surface area contributed by atoms with Crippen molar-refractivity contribution in [3.8, 4) is 27.9 Å². The Balaban J connectivity index is 1.27. The molecule has 0 saturated carbocycles. The van der Waals surface area contributed by atoms with Crippen LogP contribution in [-0.4, -0.2) is 4.57 Å². The molecule has 9 rings (SSSR count). The van der Waals surface area contributed by atoms with Crippen molar-refractivity contribution in [3.63, 3.8) is 0 Å². The van der Waals surface area contributed by atoms with Gasteiger partial charge in [-0.15, -0.1) is 0 Å². The van der Waals surface area contributed by atoms with Gasteiger partial charge in [-0.3, -0.25) is 0 Å². The molecule has 2 heteroatoms. The van der Waals surface area contributed by atoms with Crippen molar-refractivity contribution < 1.29 is 0 Å². The smallest absolute Gasteiger partial charge is 0.0561 e. The number of hydrogen-bond donors (Lipinski definition) is 0. The summed E-state index contributed by atoms with van der Waals surface area (Å²) >= 11 is 0. The zero-order valence-corrected chi connectivity index (χ0v) is 30.5. The minimum Gasteiger partial charge on any atom is -0.310 e. The van der Waals surface area contributed by atoms with E-state index in [1.807, 2.05) is 0 Å². The summed E-state index contributed by atoms with van der Waals surface area (Å²) < 4.78 is 2.49. The Kier molecular flexibility index (Phi) is 7.66. The molecule has 0 fully saturated rings. The lowest BCUT2D eigenvalue weighted by atomic mass is 9.63. The van der Waals surface area contributed by atoms with Gasteiger partial charge in [0, 0.05) is 33.5 Å². The topological polar surface area (TPSA) is 8.17 Å². The number of fused-ring (bicyclic) bond motifs is 4. The summed E-state index contributed by atoms with van der Waals surface area (Å²) in [5, 5.41) is 2.53. The monoisotopic (exact) mass is 672 g/mol. The lowest BCUT2D eigenvalue weighted by Crippen LogP contribution is -2.33. The van der Waals surface area contributed by atoms with E-state index in [2.05, 4.69) is 207 Å². The zero-order valence-electron chi connectivity index (χ0n) is 30.5. The van der Waals surface area contributed by atoms with Crippen LogP contribution in [0.3, 0.4) is 0 Å². The largest absolute Gasteiger partial charge is 0.310 e. The molecule has 52 heavy (non-hydrogen) atoms. The fourth-order valence-corrected chi connectivity index (χ4v) is 8.45. The van der Waals surface area contributed by atoms with Crippen LogP contribution in [-0.2, 0) is 10.8 Å². The number of hydrogen-bond acceptors (Lipinski definition) is 1. The Morgan fingerprint density at radius 2 is 0.923 bits per heavy atom. The lowest BCUT2D eigenvalue weighted by molar-refractivity contribution is 0.332. The average Bonchev–Trinajstić information content (AvgIpc) is 3.51. The molecule has 0 aliphatic heterocycles. The van der Waals surface area contributed by atoms with Crippen molar-refractivity contribution in [2.24, 2.45) is 0 Å². The summed E-state index contributed by atoms with van der Waals surface area (Å²) in [4.78, 5) is 2.42. The molecular formula is C50H44N2. The van der Waals surface area contributed by atoms with Gasteiger partial charge in [-0.1, -0.05) is 143 Å². The first-order valence-electron chi connectivity index (χ1n) is 18.6. The van der Waals surface area contributed by atoms with E-state index in [0.717, 1.165) is 17.1 Å². The molecule has 1 aromatic heterocycles. The summed E-state index contributed by atoms with van der Waals surface area (Å²) in [7, 11) is 0. The van der Waals surface area contributed by atoms with E-state index in [1.54, 1.807) is 0 Å². The SMILES string of the molecule is CC1(C)CCC(C)(C)c2cc(-n3c4ccccc4c4ccc(N(c5cccc(-c6ccccc6)c5)c5cccc(-c6ccccc6)c5)cc43)ccc21. The zero-order chi connectivity index (χ0) is 35.5. The molecule has 0 spiro atoms. The number of para-hydroxylation sites is 1. The highest BCUT2D eigenvalue weighted by Crippen LogP contribution is 2.47. The predicted molar refractivity (Wildman–Crippen MR) is 222 cm³/mol. The van der Waals surface area contributed by atoms with Crippen LogP contribution in [0, 0.1) is 0 Å². The first-order chi connectivity index (χ1) is 25.3.